The molecule has 1 aliphatic heterocycles. The molecule has 1 saturated heterocycles. The summed E-state index contributed by atoms with van der Waals surface area (Å²) in [7, 11) is 0. The van der Waals surface area contributed by atoms with Crippen LogP contribution < -0.4 is 10.2 Å². The number of para-hydroxylation sites is 1. The molecule has 0 aliphatic carbocycles. The van der Waals surface area contributed by atoms with Gasteiger partial charge in [-0.1, -0.05) is 71.9 Å². The first-order valence-corrected chi connectivity index (χ1v) is 11.5. The maximum Gasteiger partial charge on any atom is 0.269 e. The van der Waals surface area contributed by atoms with Gasteiger partial charge < -0.3 is 5.32 Å². The van der Waals surface area contributed by atoms with Crippen LogP contribution in [-0.4, -0.2) is 17.1 Å². The molecule has 1 fully saturated rings. The topological polar surface area (TPSA) is 73.2 Å². The van der Waals surface area contributed by atoms with E-state index < -0.39 is 11.2 Å². The zero-order chi connectivity index (χ0) is 23.4. The second-order valence-electron chi connectivity index (χ2n) is 7.86. The van der Waals surface area contributed by atoms with Crippen molar-refractivity contribution < 1.29 is 9.59 Å². The Labute approximate surface area is 197 Å². The van der Waals surface area contributed by atoms with Gasteiger partial charge >= 0.3 is 0 Å². The fourth-order valence-electron chi connectivity index (χ4n) is 3.67. The van der Waals surface area contributed by atoms with Crippen LogP contribution in [0.2, 0.25) is 0 Å². The second kappa shape index (κ2) is 9.76. The van der Waals surface area contributed by atoms with Crippen LogP contribution >= 0.6 is 11.8 Å². The number of nitriles is 1. The molecular formula is C27H23N3O2S. The van der Waals surface area contributed by atoms with E-state index in [4.69, 9.17) is 0 Å². The summed E-state index contributed by atoms with van der Waals surface area (Å²) < 4.78 is 0. The molecule has 0 spiro atoms. The van der Waals surface area contributed by atoms with Gasteiger partial charge in [-0.25, -0.2) is 0 Å². The molecule has 5 nitrogen and oxygen atoms in total. The first kappa shape index (κ1) is 22.4. The number of thioether (sulfide) groups is 1. The van der Waals surface area contributed by atoms with Crippen molar-refractivity contribution in [1.29, 1.82) is 5.26 Å². The minimum absolute atomic E-state index is 0.0786. The van der Waals surface area contributed by atoms with Crippen LogP contribution in [0.15, 0.2) is 89.5 Å². The van der Waals surface area contributed by atoms with Crippen molar-refractivity contribution in [3.63, 3.8) is 0 Å². The second-order valence-corrected chi connectivity index (χ2v) is 9.05. The lowest BCUT2D eigenvalue weighted by Gasteiger charge is -2.19. The molecule has 1 atom stereocenters. The third-order valence-electron chi connectivity index (χ3n) is 5.50. The fourth-order valence-corrected chi connectivity index (χ4v) is 4.97. The third-order valence-corrected chi connectivity index (χ3v) is 6.76. The Hall–Kier alpha value is -3.82. The molecule has 4 rings (SSSR count). The van der Waals surface area contributed by atoms with E-state index in [1.807, 2.05) is 74.5 Å². The van der Waals surface area contributed by atoms with E-state index in [0.717, 1.165) is 16.7 Å². The summed E-state index contributed by atoms with van der Waals surface area (Å²) in [6.07, 6.45) is 0.515. The zero-order valence-corrected chi connectivity index (χ0v) is 19.2. The van der Waals surface area contributed by atoms with Crippen molar-refractivity contribution in [3.05, 3.63) is 106 Å². The highest BCUT2D eigenvalue weighted by Gasteiger charge is 2.41. The number of aryl methyl sites for hydroxylation is 2. The summed E-state index contributed by atoms with van der Waals surface area (Å²) in [4.78, 5) is 28.1. The van der Waals surface area contributed by atoms with E-state index in [0.29, 0.717) is 22.8 Å². The summed E-state index contributed by atoms with van der Waals surface area (Å²) in [5.74, 6) is -0.671. The first-order chi connectivity index (χ1) is 16.0. The number of anilines is 2. The molecule has 3 aromatic carbocycles. The van der Waals surface area contributed by atoms with Gasteiger partial charge in [-0.2, -0.15) is 5.26 Å². The van der Waals surface area contributed by atoms with Crippen molar-refractivity contribution in [1.82, 2.24) is 0 Å². The fraction of sp³-hybridized carbons (Fsp3) is 0.148. The lowest BCUT2D eigenvalue weighted by atomic mass is 10.0. The zero-order valence-electron chi connectivity index (χ0n) is 18.4. The van der Waals surface area contributed by atoms with Crippen LogP contribution in [0.4, 0.5) is 11.4 Å². The van der Waals surface area contributed by atoms with Gasteiger partial charge in [-0.3, -0.25) is 14.5 Å². The summed E-state index contributed by atoms with van der Waals surface area (Å²) in [5.41, 5.74) is 4.38. The average Bonchev–Trinajstić information content (AvgIpc) is 3.12. The van der Waals surface area contributed by atoms with Crippen molar-refractivity contribution in [2.45, 2.75) is 25.5 Å². The normalized spacial score (nSPS) is 16.9. The molecule has 6 heteroatoms. The van der Waals surface area contributed by atoms with Gasteiger partial charge in [0, 0.05) is 11.4 Å². The molecule has 2 amide bonds. The largest absolute Gasteiger partial charge is 0.321 e. The summed E-state index contributed by atoms with van der Waals surface area (Å²) in [6.45, 7) is 3.98. The Morgan fingerprint density at radius 1 is 1.00 bits per heavy atom. The first-order valence-electron chi connectivity index (χ1n) is 10.6. The number of carbonyl (C=O) groups is 2. The molecule has 1 aliphatic rings. The van der Waals surface area contributed by atoms with E-state index in [-0.39, 0.29) is 11.5 Å². The Balaban J connectivity index is 1.74. The Bertz CT molecular complexity index is 1260. The number of benzene rings is 3. The smallest absolute Gasteiger partial charge is 0.269 e. The van der Waals surface area contributed by atoms with Crippen LogP contribution in [0.5, 0.6) is 0 Å². The van der Waals surface area contributed by atoms with Crippen molar-refractivity contribution in [2.24, 2.45) is 0 Å². The van der Waals surface area contributed by atoms with Gasteiger partial charge in [0.05, 0.1) is 5.25 Å². The number of nitrogens with zero attached hydrogens (tertiary/aromatic N) is 2. The van der Waals surface area contributed by atoms with Crippen LogP contribution in [0.1, 0.15) is 16.7 Å². The molecule has 0 radical (unpaired) electrons. The lowest BCUT2D eigenvalue weighted by molar-refractivity contribution is -0.117. The number of carbonyl (C=O) groups excluding carboxylic acids is 2. The predicted molar refractivity (Wildman–Crippen MR) is 133 cm³/mol. The van der Waals surface area contributed by atoms with Crippen LogP contribution in [0.25, 0.3) is 0 Å². The lowest BCUT2D eigenvalue weighted by Crippen LogP contribution is -2.31. The van der Waals surface area contributed by atoms with Crippen molar-refractivity contribution in [2.75, 3.05) is 10.2 Å². The Kier molecular flexibility index (Phi) is 6.62. The Morgan fingerprint density at radius 2 is 1.67 bits per heavy atom. The molecule has 1 N–H and O–H groups in total. The molecule has 0 saturated carbocycles. The van der Waals surface area contributed by atoms with Gasteiger partial charge in [0.15, 0.2) is 0 Å². The van der Waals surface area contributed by atoms with Gasteiger partial charge in [-0.15, -0.1) is 0 Å². The number of rotatable bonds is 5. The van der Waals surface area contributed by atoms with Gasteiger partial charge in [0.25, 0.3) is 5.91 Å². The number of hydrogen-bond donors (Lipinski definition) is 1. The van der Waals surface area contributed by atoms with Crippen molar-refractivity contribution in [3.8, 4) is 6.07 Å². The maximum absolute atomic E-state index is 13.5. The molecule has 0 bridgehead atoms. The van der Waals surface area contributed by atoms with E-state index in [1.54, 1.807) is 24.3 Å². The van der Waals surface area contributed by atoms with Crippen LogP contribution in [-0.2, 0) is 16.0 Å². The predicted octanol–water partition coefficient (Wildman–Crippen LogP) is 5.37. The quantitative estimate of drug-likeness (QED) is 0.416. The summed E-state index contributed by atoms with van der Waals surface area (Å²) in [6, 6.07) is 26.5. The summed E-state index contributed by atoms with van der Waals surface area (Å²) in [5, 5.41) is 12.6. The standard InChI is InChI=1S/C27H23N3O2S/c1-18-12-14-22(15-13-18)30-26(32)24(16-20-9-7-6-8-19(20)2)33-27(30)23(17-28)25(31)29-21-10-4-3-5-11-21/h3-15,24H,16H2,1-2H3,(H,29,31)/b27-23+/t24-/m1/s1. The van der Waals surface area contributed by atoms with E-state index in [9.17, 15) is 14.9 Å². The number of nitrogens with one attached hydrogen (secondary N) is 1. The molecule has 0 unspecified atom stereocenters. The highest BCUT2D eigenvalue weighted by atomic mass is 32.2. The third kappa shape index (κ3) is 4.84. The van der Waals surface area contributed by atoms with Crippen LogP contribution in [0.3, 0.4) is 0 Å². The van der Waals surface area contributed by atoms with Gasteiger partial charge in [-0.05, 0) is 55.7 Å². The SMILES string of the molecule is Cc1ccc(N2C(=O)[C@@H](Cc3ccccc3C)S/C2=C(\C#N)C(=O)Nc2ccccc2)cc1. The van der Waals surface area contributed by atoms with Gasteiger partial charge in [0.1, 0.15) is 16.7 Å². The van der Waals surface area contributed by atoms with E-state index in [2.05, 4.69) is 5.32 Å². The molecule has 164 valence electrons. The average molecular weight is 454 g/mol. The van der Waals surface area contributed by atoms with Crippen molar-refractivity contribution >= 4 is 35.0 Å². The molecule has 0 aromatic heterocycles. The van der Waals surface area contributed by atoms with Gasteiger partial charge in [0.2, 0.25) is 5.91 Å². The highest BCUT2D eigenvalue weighted by Crippen LogP contribution is 2.42. The van der Waals surface area contributed by atoms with E-state index >= 15 is 0 Å². The maximum atomic E-state index is 13.5. The van der Waals surface area contributed by atoms with E-state index in [1.165, 1.54) is 16.7 Å². The minimum atomic E-state index is -0.535. The monoisotopic (exact) mass is 453 g/mol. The molecule has 1 heterocycles. The Morgan fingerprint density at radius 3 is 2.33 bits per heavy atom. The highest BCUT2D eigenvalue weighted by molar-refractivity contribution is 8.05. The van der Waals surface area contributed by atoms with Crippen LogP contribution in [0, 0.1) is 25.2 Å². The number of hydrogen-bond acceptors (Lipinski definition) is 4. The molecule has 33 heavy (non-hydrogen) atoms. The number of amides is 2. The molecular weight excluding hydrogens is 430 g/mol. The summed E-state index contributed by atoms with van der Waals surface area (Å²) >= 11 is 1.27. The minimum Gasteiger partial charge on any atom is -0.321 e. The molecule has 3 aromatic rings.